The summed E-state index contributed by atoms with van der Waals surface area (Å²) in [4.78, 5) is 27.2. The largest absolute Gasteiger partial charge is 0.493 e. The molecule has 0 aliphatic rings. The summed E-state index contributed by atoms with van der Waals surface area (Å²) in [6.07, 6.45) is 1.53. The Morgan fingerprint density at radius 3 is 2.60 bits per heavy atom. The van der Waals surface area contributed by atoms with E-state index in [0.717, 1.165) is 0 Å². The van der Waals surface area contributed by atoms with Crippen LogP contribution < -0.4 is 25.6 Å². The van der Waals surface area contributed by atoms with Gasteiger partial charge in [-0.05, 0) is 24.3 Å². The van der Waals surface area contributed by atoms with E-state index in [1.54, 1.807) is 35.2 Å². The third-order valence-corrected chi connectivity index (χ3v) is 3.52. The molecule has 0 aliphatic heterocycles. The Balaban J connectivity index is 2.10. The lowest BCUT2D eigenvalue weighted by atomic mass is 10.2. The third kappa shape index (κ3) is 3.39. The highest BCUT2D eigenvalue weighted by atomic mass is 16.5. The van der Waals surface area contributed by atoms with E-state index in [9.17, 15) is 9.59 Å². The van der Waals surface area contributed by atoms with Crippen LogP contribution in [0.15, 0.2) is 50.6 Å². The summed E-state index contributed by atoms with van der Waals surface area (Å²) in [5.74, 6) is 1.67. The normalized spacial score (nSPS) is 10.5. The summed E-state index contributed by atoms with van der Waals surface area (Å²) in [6, 6.07) is 8.67. The van der Waals surface area contributed by atoms with Gasteiger partial charge in [0.2, 0.25) is 5.82 Å². The van der Waals surface area contributed by atoms with Crippen LogP contribution in [0.1, 0.15) is 5.76 Å². The van der Waals surface area contributed by atoms with Gasteiger partial charge in [0.1, 0.15) is 5.76 Å². The molecule has 3 rings (SSSR count). The SMILES string of the molecule is COc1ccc(N(Cc2ccco2)c2n[nH]c(=O)[nH]c2=O)cc1OC. The van der Waals surface area contributed by atoms with E-state index in [1.807, 2.05) is 0 Å². The number of hydrogen-bond acceptors (Lipinski definition) is 7. The smallest absolute Gasteiger partial charge is 0.342 e. The molecule has 0 atom stereocenters. The number of hydrogen-bond donors (Lipinski definition) is 2. The molecule has 3 aromatic rings. The van der Waals surface area contributed by atoms with Gasteiger partial charge in [-0.2, -0.15) is 0 Å². The van der Waals surface area contributed by atoms with E-state index in [2.05, 4.69) is 15.2 Å². The molecule has 0 bridgehead atoms. The minimum Gasteiger partial charge on any atom is -0.493 e. The van der Waals surface area contributed by atoms with Gasteiger partial charge in [0.05, 0.1) is 27.0 Å². The van der Waals surface area contributed by atoms with Gasteiger partial charge in [-0.1, -0.05) is 0 Å². The number of ether oxygens (including phenoxy) is 2. The maximum atomic E-state index is 12.2. The van der Waals surface area contributed by atoms with E-state index in [4.69, 9.17) is 13.9 Å². The molecule has 0 fully saturated rings. The quantitative estimate of drug-likeness (QED) is 0.695. The Labute approximate surface area is 141 Å². The number of rotatable bonds is 6. The molecule has 0 radical (unpaired) electrons. The van der Waals surface area contributed by atoms with Crippen LogP contribution in [0.3, 0.4) is 0 Å². The molecule has 0 saturated heterocycles. The van der Waals surface area contributed by atoms with Crippen molar-refractivity contribution in [2.45, 2.75) is 6.54 Å². The number of aromatic nitrogens is 3. The second kappa shape index (κ2) is 6.95. The van der Waals surface area contributed by atoms with E-state index >= 15 is 0 Å². The number of nitrogens with one attached hydrogen (secondary N) is 2. The lowest BCUT2D eigenvalue weighted by Gasteiger charge is -2.22. The average molecular weight is 344 g/mol. The summed E-state index contributed by atoms with van der Waals surface area (Å²) >= 11 is 0. The standard InChI is InChI=1S/C16H16N4O5/c1-23-12-6-5-10(8-13(12)24-2)20(9-11-4-3-7-25-11)14-15(21)17-16(22)19-18-14/h3-8H,9H2,1-2H3,(H2,17,19,21,22). The molecule has 9 nitrogen and oxygen atoms in total. The van der Waals surface area contributed by atoms with Crippen LogP contribution in [0.2, 0.25) is 0 Å². The van der Waals surface area contributed by atoms with Crippen molar-refractivity contribution in [1.82, 2.24) is 15.2 Å². The molecule has 0 saturated carbocycles. The zero-order valence-corrected chi connectivity index (χ0v) is 13.6. The highest BCUT2D eigenvalue weighted by Crippen LogP contribution is 2.33. The number of furan rings is 1. The van der Waals surface area contributed by atoms with Crippen molar-refractivity contribution in [1.29, 1.82) is 0 Å². The third-order valence-electron chi connectivity index (χ3n) is 3.52. The predicted molar refractivity (Wildman–Crippen MR) is 89.6 cm³/mol. The Hall–Kier alpha value is -3.49. The number of aromatic amines is 2. The molecule has 0 aliphatic carbocycles. The minimum atomic E-state index is -0.681. The number of anilines is 2. The van der Waals surface area contributed by atoms with Crippen LogP contribution in [-0.2, 0) is 6.54 Å². The van der Waals surface area contributed by atoms with Gasteiger partial charge in [0.25, 0.3) is 5.56 Å². The fourth-order valence-electron chi connectivity index (χ4n) is 2.36. The van der Waals surface area contributed by atoms with Crippen molar-refractivity contribution in [3.8, 4) is 11.5 Å². The Morgan fingerprint density at radius 1 is 1.16 bits per heavy atom. The van der Waals surface area contributed by atoms with Crippen molar-refractivity contribution >= 4 is 11.5 Å². The van der Waals surface area contributed by atoms with Gasteiger partial charge < -0.3 is 18.8 Å². The van der Waals surface area contributed by atoms with Crippen molar-refractivity contribution in [2.24, 2.45) is 0 Å². The van der Waals surface area contributed by atoms with E-state index in [0.29, 0.717) is 22.9 Å². The molecule has 1 aromatic carbocycles. The summed E-state index contributed by atoms with van der Waals surface area (Å²) in [6.45, 7) is 0.227. The average Bonchev–Trinajstić information content (AvgIpc) is 3.13. The molecule has 2 heterocycles. The molecule has 25 heavy (non-hydrogen) atoms. The first-order valence-electron chi connectivity index (χ1n) is 7.33. The number of benzene rings is 1. The monoisotopic (exact) mass is 344 g/mol. The summed E-state index contributed by atoms with van der Waals surface area (Å²) in [5, 5.41) is 6.10. The lowest BCUT2D eigenvalue weighted by Crippen LogP contribution is -2.31. The van der Waals surface area contributed by atoms with Crippen molar-refractivity contribution in [3.63, 3.8) is 0 Å². The van der Waals surface area contributed by atoms with Crippen molar-refractivity contribution in [3.05, 3.63) is 63.2 Å². The van der Waals surface area contributed by atoms with E-state index in [-0.39, 0.29) is 12.4 Å². The Bertz CT molecular complexity index is 961. The second-order valence-corrected chi connectivity index (χ2v) is 5.04. The van der Waals surface area contributed by atoms with Crippen LogP contribution >= 0.6 is 0 Å². The van der Waals surface area contributed by atoms with Crippen LogP contribution in [-0.4, -0.2) is 29.4 Å². The fourth-order valence-corrected chi connectivity index (χ4v) is 2.36. The van der Waals surface area contributed by atoms with Crippen LogP contribution in [0, 0.1) is 0 Å². The summed E-state index contributed by atoms with van der Waals surface area (Å²) in [5.41, 5.74) is -0.691. The number of methoxy groups -OCH3 is 2. The Morgan fingerprint density at radius 2 is 1.96 bits per heavy atom. The van der Waals surface area contributed by atoms with Crippen LogP contribution in [0.4, 0.5) is 11.5 Å². The van der Waals surface area contributed by atoms with Gasteiger partial charge in [-0.3, -0.25) is 9.78 Å². The first-order valence-corrected chi connectivity index (χ1v) is 7.33. The highest BCUT2D eigenvalue weighted by molar-refractivity contribution is 5.63. The second-order valence-electron chi connectivity index (χ2n) is 5.04. The first kappa shape index (κ1) is 16.4. The van der Waals surface area contributed by atoms with Gasteiger partial charge >= 0.3 is 5.69 Å². The molecule has 2 N–H and O–H groups in total. The lowest BCUT2D eigenvalue weighted by molar-refractivity contribution is 0.355. The summed E-state index contributed by atoms with van der Waals surface area (Å²) < 4.78 is 15.9. The zero-order valence-electron chi connectivity index (χ0n) is 13.6. The molecule has 0 amide bonds. The molecular formula is C16H16N4O5. The van der Waals surface area contributed by atoms with Gasteiger partial charge in [0, 0.05) is 11.8 Å². The molecular weight excluding hydrogens is 328 g/mol. The highest BCUT2D eigenvalue weighted by Gasteiger charge is 2.19. The van der Waals surface area contributed by atoms with Crippen LogP contribution in [0.25, 0.3) is 0 Å². The van der Waals surface area contributed by atoms with E-state index in [1.165, 1.54) is 20.5 Å². The maximum Gasteiger partial charge on any atom is 0.342 e. The summed E-state index contributed by atoms with van der Waals surface area (Å²) in [7, 11) is 3.05. The molecule has 0 unspecified atom stereocenters. The van der Waals surface area contributed by atoms with Gasteiger partial charge in [-0.15, -0.1) is 5.10 Å². The number of nitrogens with zero attached hydrogens (tertiary/aromatic N) is 2. The maximum absolute atomic E-state index is 12.2. The van der Waals surface area contributed by atoms with E-state index < -0.39 is 11.2 Å². The van der Waals surface area contributed by atoms with Gasteiger partial charge in [-0.25, -0.2) is 9.89 Å². The Kier molecular flexibility index (Phi) is 4.55. The predicted octanol–water partition coefficient (Wildman–Crippen LogP) is 1.41. The molecule has 2 aromatic heterocycles. The van der Waals surface area contributed by atoms with Crippen LogP contribution in [0.5, 0.6) is 11.5 Å². The zero-order chi connectivity index (χ0) is 17.8. The molecule has 130 valence electrons. The first-order chi connectivity index (χ1) is 12.1. The van der Waals surface area contributed by atoms with Crippen molar-refractivity contribution < 1.29 is 13.9 Å². The van der Waals surface area contributed by atoms with Gasteiger partial charge in [0.15, 0.2) is 11.5 Å². The molecule has 9 heteroatoms. The van der Waals surface area contributed by atoms with Crippen molar-refractivity contribution in [2.75, 3.05) is 19.1 Å². The fraction of sp³-hybridized carbons (Fsp3) is 0.188. The molecule has 0 spiro atoms. The number of H-pyrrole nitrogens is 2. The topological polar surface area (TPSA) is 113 Å². The minimum absolute atomic E-state index is 0.0169.